The molecule has 3 rings (SSSR count). The van der Waals surface area contributed by atoms with Crippen molar-refractivity contribution in [3.8, 4) is 10.6 Å². The van der Waals surface area contributed by atoms with Crippen LogP contribution in [0.5, 0.6) is 0 Å². The molecule has 3 heterocycles. The summed E-state index contributed by atoms with van der Waals surface area (Å²) in [6.45, 7) is 5.01. The zero-order valence-corrected chi connectivity index (χ0v) is 15.7. The second-order valence-corrected chi connectivity index (χ2v) is 7.12. The minimum absolute atomic E-state index is 0.111. The molecule has 7 nitrogen and oxygen atoms in total. The first-order chi connectivity index (χ1) is 12.6. The molecule has 1 aliphatic heterocycles. The predicted octanol–water partition coefficient (Wildman–Crippen LogP) is 3.32. The number of hydrogen-bond donors (Lipinski definition) is 1. The molecule has 2 aromatic heterocycles. The lowest BCUT2D eigenvalue weighted by molar-refractivity contribution is -0.121. The Morgan fingerprint density at radius 1 is 1.42 bits per heavy atom. The van der Waals surface area contributed by atoms with Gasteiger partial charge in [0.05, 0.1) is 28.8 Å². The highest BCUT2D eigenvalue weighted by molar-refractivity contribution is 7.19. The van der Waals surface area contributed by atoms with E-state index < -0.39 is 0 Å². The fourth-order valence-electron chi connectivity index (χ4n) is 2.96. The topological polar surface area (TPSA) is 84.4 Å². The van der Waals surface area contributed by atoms with E-state index in [2.05, 4.69) is 15.3 Å². The van der Waals surface area contributed by atoms with Crippen molar-refractivity contribution < 1.29 is 14.3 Å². The summed E-state index contributed by atoms with van der Waals surface area (Å²) in [6.07, 6.45) is 2.91. The molecule has 0 bridgehead atoms. The lowest BCUT2D eigenvalue weighted by Crippen LogP contribution is -2.44. The van der Waals surface area contributed by atoms with Gasteiger partial charge in [0.25, 0.3) is 0 Å². The molecule has 0 aromatic carbocycles. The van der Waals surface area contributed by atoms with Crippen LogP contribution in [0.25, 0.3) is 10.6 Å². The van der Waals surface area contributed by atoms with E-state index in [1.807, 2.05) is 25.1 Å². The van der Waals surface area contributed by atoms with Gasteiger partial charge in [-0.25, -0.2) is 9.78 Å². The van der Waals surface area contributed by atoms with Crippen molar-refractivity contribution in [2.24, 2.45) is 5.92 Å². The Morgan fingerprint density at radius 2 is 2.27 bits per heavy atom. The van der Waals surface area contributed by atoms with E-state index in [0.29, 0.717) is 24.8 Å². The first-order valence-electron chi connectivity index (χ1n) is 8.70. The molecule has 8 heteroatoms. The van der Waals surface area contributed by atoms with Gasteiger partial charge in [0.2, 0.25) is 5.91 Å². The van der Waals surface area contributed by atoms with Gasteiger partial charge in [0.1, 0.15) is 0 Å². The highest BCUT2D eigenvalue weighted by Gasteiger charge is 2.29. The van der Waals surface area contributed by atoms with Crippen molar-refractivity contribution in [2.45, 2.75) is 26.7 Å². The van der Waals surface area contributed by atoms with Crippen molar-refractivity contribution in [1.29, 1.82) is 0 Å². The summed E-state index contributed by atoms with van der Waals surface area (Å²) < 4.78 is 5.03. The molecule has 2 amide bonds. The second-order valence-electron chi connectivity index (χ2n) is 6.12. The fourth-order valence-corrected chi connectivity index (χ4v) is 3.91. The van der Waals surface area contributed by atoms with Gasteiger partial charge < -0.3 is 15.0 Å². The normalized spacial score (nSPS) is 17.0. The number of rotatable bonds is 4. The van der Waals surface area contributed by atoms with Crippen LogP contribution in [0.1, 0.15) is 25.5 Å². The van der Waals surface area contributed by atoms with E-state index in [1.165, 1.54) is 11.3 Å². The quantitative estimate of drug-likeness (QED) is 0.887. The van der Waals surface area contributed by atoms with Crippen molar-refractivity contribution in [2.75, 3.05) is 25.0 Å². The fraction of sp³-hybridized carbons (Fsp3) is 0.444. The molecule has 1 atom stereocenters. The van der Waals surface area contributed by atoms with Gasteiger partial charge in [-0.1, -0.05) is 17.4 Å². The number of ether oxygens (including phenoxy) is 1. The zero-order chi connectivity index (χ0) is 18.5. The van der Waals surface area contributed by atoms with Gasteiger partial charge in [0, 0.05) is 19.3 Å². The molecule has 0 spiro atoms. The number of nitrogens with zero attached hydrogens (tertiary/aromatic N) is 3. The summed E-state index contributed by atoms with van der Waals surface area (Å²) in [5.41, 5.74) is 1.68. The molecule has 138 valence electrons. The standard InChI is InChI=1S/C18H22N4O3S/c1-3-25-18(24)22-10-6-7-13(11-22)16(23)21-17-20-12(2)15(26-17)14-8-4-5-9-19-14/h4-5,8-9,13H,3,6-7,10-11H2,1-2H3,(H,20,21,23). The maximum atomic E-state index is 12.6. The largest absolute Gasteiger partial charge is 0.450 e. The monoisotopic (exact) mass is 374 g/mol. The van der Waals surface area contributed by atoms with Gasteiger partial charge in [0.15, 0.2) is 5.13 Å². The van der Waals surface area contributed by atoms with Crippen LogP contribution in [0.15, 0.2) is 24.4 Å². The molecule has 1 fully saturated rings. The summed E-state index contributed by atoms with van der Waals surface area (Å²) in [4.78, 5) is 35.8. The van der Waals surface area contributed by atoms with Crippen molar-refractivity contribution in [3.63, 3.8) is 0 Å². The third kappa shape index (κ3) is 4.19. The number of anilines is 1. The Hall–Kier alpha value is -2.48. The predicted molar refractivity (Wildman–Crippen MR) is 100 cm³/mol. The first kappa shape index (κ1) is 18.3. The summed E-state index contributed by atoms with van der Waals surface area (Å²) in [5.74, 6) is -0.365. The van der Waals surface area contributed by atoms with Crippen molar-refractivity contribution in [1.82, 2.24) is 14.9 Å². The summed E-state index contributed by atoms with van der Waals surface area (Å²) in [6, 6.07) is 5.71. The Bertz CT molecular complexity index is 778. The molecule has 2 aromatic rings. The molecule has 1 aliphatic rings. The van der Waals surface area contributed by atoms with Crippen LogP contribution in [0, 0.1) is 12.8 Å². The summed E-state index contributed by atoms with van der Waals surface area (Å²) in [7, 11) is 0. The van der Waals surface area contributed by atoms with E-state index in [4.69, 9.17) is 4.74 Å². The van der Waals surface area contributed by atoms with Gasteiger partial charge in [-0.15, -0.1) is 0 Å². The maximum Gasteiger partial charge on any atom is 0.409 e. The minimum atomic E-state index is -0.354. The van der Waals surface area contributed by atoms with Gasteiger partial charge in [-0.2, -0.15) is 0 Å². The molecule has 0 radical (unpaired) electrons. The van der Waals surface area contributed by atoms with Gasteiger partial charge in [-0.05, 0) is 38.8 Å². The van der Waals surface area contributed by atoms with Crippen LogP contribution in [-0.4, -0.2) is 46.6 Å². The van der Waals surface area contributed by atoms with Crippen LogP contribution >= 0.6 is 11.3 Å². The number of amides is 2. The molecule has 1 N–H and O–H groups in total. The Kier molecular flexibility index (Phi) is 5.82. The first-order valence-corrected chi connectivity index (χ1v) is 9.51. The van der Waals surface area contributed by atoms with Crippen LogP contribution in [0.3, 0.4) is 0 Å². The van der Waals surface area contributed by atoms with E-state index in [-0.39, 0.29) is 17.9 Å². The number of carbonyl (C=O) groups excluding carboxylic acids is 2. The van der Waals surface area contributed by atoms with Gasteiger partial charge >= 0.3 is 6.09 Å². The highest BCUT2D eigenvalue weighted by Crippen LogP contribution is 2.31. The maximum absolute atomic E-state index is 12.6. The minimum Gasteiger partial charge on any atom is -0.450 e. The molecule has 0 saturated carbocycles. The molecular weight excluding hydrogens is 352 g/mol. The Labute approximate surface area is 156 Å². The lowest BCUT2D eigenvalue weighted by Gasteiger charge is -2.30. The number of aryl methyl sites for hydroxylation is 1. The Balaban J connectivity index is 1.66. The number of piperidine rings is 1. The highest BCUT2D eigenvalue weighted by atomic mass is 32.1. The molecular formula is C18H22N4O3S. The third-order valence-electron chi connectivity index (χ3n) is 4.24. The molecule has 1 unspecified atom stereocenters. The van der Waals surface area contributed by atoms with Crippen LogP contribution in [0.2, 0.25) is 0 Å². The number of likely N-dealkylation sites (tertiary alicyclic amines) is 1. The number of aromatic nitrogens is 2. The average molecular weight is 374 g/mol. The van der Waals surface area contributed by atoms with Crippen molar-refractivity contribution in [3.05, 3.63) is 30.1 Å². The third-order valence-corrected chi connectivity index (χ3v) is 5.34. The molecule has 0 aliphatic carbocycles. The zero-order valence-electron chi connectivity index (χ0n) is 14.9. The number of nitrogens with one attached hydrogen (secondary N) is 1. The summed E-state index contributed by atoms with van der Waals surface area (Å²) in [5, 5.41) is 3.45. The Morgan fingerprint density at radius 3 is 3.00 bits per heavy atom. The average Bonchev–Trinajstić information content (AvgIpc) is 3.03. The summed E-state index contributed by atoms with van der Waals surface area (Å²) >= 11 is 1.41. The van der Waals surface area contributed by atoms with E-state index in [1.54, 1.807) is 18.0 Å². The number of pyridine rings is 1. The van der Waals surface area contributed by atoms with Crippen LogP contribution in [0.4, 0.5) is 9.93 Å². The smallest absolute Gasteiger partial charge is 0.409 e. The van der Waals surface area contributed by atoms with Crippen LogP contribution < -0.4 is 5.32 Å². The number of thiazole rings is 1. The van der Waals surface area contributed by atoms with E-state index in [9.17, 15) is 9.59 Å². The number of carbonyl (C=O) groups is 2. The molecule has 1 saturated heterocycles. The lowest BCUT2D eigenvalue weighted by atomic mass is 9.97. The van der Waals surface area contributed by atoms with Crippen molar-refractivity contribution >= 4 is 28.5 Å². The van der Waals surface area contributed by atoms with E-state index >= 15 is 0 Å². The second kappa shape index (κ2) is 8.27. The SMILES string of the molecule is CCOC(=O)N1CCCC(C(=O)Nc2nc(C)c(-c3ccccn3)s2)C1. The van der Waals surface area contributed by atoms with Gasteiger partial charge in [-0.3, -0.25) is 9.78 Å². The van der Waals surface area contributed by atoms with E-state index in [0.717, 1.165) is 29.1 Å². The molecule has 26 heavy (non-hydrogen) atoms. The number of hydrogen-bond acceptors (Lipinski definition) is 6. The van der Waals surface area contributed by atoms with Crippen LogP contribution in [-0.2, 0) is 9.53 Å².